The Hall–Kier alpha value is -0.353. The highest BCUT2D eigenvalue weighted by molar-refractivity contribution is 5.97. The molecule has 0 aromatic carbocycles. The van der Waals surface area contributed by atoms with Crippen molar-refractivity contribution in [1.82, 2.24) is 0 Å². The van der Waals surface area contributed by atoms with Crippen LogP contribution in [0.25, 0.3) is 0 Å². The Morgan fingerprint density at radius 2 is 2.20 bits per heavy atom. The Bertz CT molecular complexity index is 114. The van der Waals surface area contributed by atoms with Gasteiger partial charge in [-0.05, 0) is 12.8 Å². The zero-order valence-electron chi connectivity index (χ0n) is 7.05. The summed E-state index contributed by atoms with van der Waals surface area (Å²) in [5.74, 6) is 0.453. The molecule has 0 atom stereocenters. The van der Waals surface area contributed by atoms with Crippen LogP contribution in [-0.4, -0.2) is 23.0 Å². The maximum atomic E-state index is 4.81. The first-order valence-corrected chi connectivity index (χ1v) is 4.15. The first kappa shape index (κ1) is 9.65. The Kier molecular flexibility index (Phi) is 5.24. The molecule has 0 aliphatic carbocycles. The van der Waals surface area contributed by atoms with Crippen molar-refractivity contribution in [3.8, 4) is 0 Å². The van der Waals surface area contributed by atoms with E-state index in [2.05, 4.69) is 19.0 Å². The standard InChI is InChI=1S/C6H15NO2Si/c1-5(2)6(3)7-8-4-9-10/h5H,4H2,1-3,10H3. The predicted octanol–water partition coefficient (Wildman–Crippen LogP) is 0.289. The van der Waals surface area contributed by atoms with Crippen LogP contribution in [0.4, 0.5) is 0 Å². The summed E-state index contributed by atoms with van der Waals surface area (Å²) < 4.78 is 4.78. The van der Waals surface area contributed by atoms with E-state index in [-0.39, 0.29) is 6.79 Å². The molecule has 0 N–H and O–H groups in total. The summed E-state index contributed by atoms with van der Waals surface area (Å²) in [4.78, 5) is 4.81. The Labute approximate surface area is 64.9 Å². The molecule has 4 heteroatoms. The summed E-state index contributed by atoms with van der Waals surface area (Å²) >= 11 is 0. The summed E-state index contributed by atoms with van der Waals surface area (Å²) in [5.41, 5.74) is 0.999. The van der Waals surface area contributed by atoms with Crippen molar-refractivity contribution in [2.24, 2.45) is 11.1 Å². The van der Waals surface area contributed by atoms with Gasteiger partial charge in [-0.25, -0.2) is 0 Å². The van der Waals surface area contributed by atoms with Crippen LogP contribution in [-0.2, 0) is 9.26 Å². The van der Waals surface area contributed by atoms with Crippen LogP contribution in [0.15, 0.2) is 5.16 Å². The lowest BCUT2D eigenvalue weighted by molar-refractivity contribution is 0.0234. The fourth-order valence-electron chi connectivity index (χ4n) is 0.286. The molecule has 0 saturated heterocycles. The van der Waals surface area contributed by atoms with Gasteiger partial charge in [0.2, 0.25) is 6.79 Å². The molecule has 0 amide bonds. The van der Waals surface area contributed by atoms with Crippen molar-refractivity contribution in [3.63, 3.8) is 0 Å². The largest absolute Gasteiger partial charge is 0.396 e. The Morgan fingerprint density at radius 1 is 1.60 bits per heavy atom. The van der Waals surface area contributed by atoms with Crippen molar-refractivity contribution in [1.29, 1.82) is 0 Å². The zero-order chi connectivity index (χ0) is 7.98. The molecule has 0 bridgehead atoms. The first-order valence-electron chi connectivity index (χ1n) is 3.34. The van der Waals surface area contributed by atoms with Crippen molar-refractivity contribution in [2.45, 2.75) is 20.8 Å². The van der Waals surface area contributed by atoms with Gasteiger partial charge in [0.05, 0.1) is 5.71 Å². The lowest BCUT2D eigenvalue weighted by Gasteiger charge is -2.02. The van der Waals surface area contributed by atoms with Crippen LogP contribution in [0.3, 0.4) is 0 Å². The number of nitrogens with zero attached hydrogens (tertiary/aromatic N) is 1. The van der Waals surface area contributed by atoms with Gasteiger partial charge in [0, 0.05) is 0 Å². The van der Waals surface area contributed by atoms with E-state index in [4.69, 9.17) is 9.26 Å². The van der Waals surface area contributed by atoms with E-state index in [1.54, 1.807) is 0 Å². The summed E-state index contributed by atoms with van der Waals surface area (Å²) in [7, 11) is 0.701. The van der Waals surface area contributed by atoms with Crippen molar-refractivity contribution in [3.05, 3.63) is 0 Å². The molecule has 0 heterocycles. The van der Waals surface area contributed by atoms with Gasteiger partial charge in [-0.1, -0.05) is 19.0 Å². The second kappa shape index (κ2) is 5.43. The monoisotopic (exact) mass is 161 g/mol. The van der Waals surface area contributed by atoms with Crippen LogP contribution in [0.5, 0.6) is 0 Å². The molecule has 0 aliphatic heterocycles. The van der Waals surface area contributed by atoms with E-state index in [1.807, 2.05) is 6.92 Å². The van der Waals surface area contributed by atoms with E-state index >= 15 is 0 Å². The number of hydrogen-bond donors (Lipinski definition) is 0. The van der Waals surface area contributed by atoms with Gasteiger partial charge in [0.1, 0.15) is 0 Å². The van der Waals surface area contributed by atoms with Crippen molar-refractivity contribution >= 4 is 16.2 Å². The van der Waals surface area contributed by atoms with Crippen molar-refractivity contribution < 1.29 is 9.26 Å². The van der Waals surface area contributed by atoms with Crippen LogP contribution in [0.2, 0.25) is 0 Å². The van der Waals surface area contributed by atoms with Crippen LogP contribution < -0.4 is 0 Å². The minimum absolute atomic E-state index is 0.288. The highest BCUT2D eigenvalue weighted by atomic mass is 28.2. The molecule has 0 aliphatic rings. The van der Waals surface area contributed by atoms with E-state index < -0.39 is 0 Å². The fraction of sp³-hybridized carbons (Fsp3) is 0.833. The predicted molar refractivity (Wildman–Crippen MR) is 44.9 cm³/mol. The zero-order valence-corrected chi connectivity index (χ0v) is 9.05. The second-order valence-electron chi connectivity index (χ2n) is 2.42. The minimum atomic E-state index is 0.288. The van der Waals surface area contributed by atoms with E-state index in [0.717, 1.165) is 5.71 Å². The van der Waals surface area contributed by atoms with Gasteiger partial charge in [0.15, 0.2) is 10.5 Å². The molecular formula is C6H15NO2Si. The lowest BCUT2D eigenvalue weighted by atomic mass is 10.1. The van der Waals surface area contributed by atoms with E-state index in [1.165, 1.54) is 0 Å². The Balaban J connectivity index is 3.48. The fourth-order valence-corrected chi connectivity index (χ4v) is 0.392. The van der Waals surface area contributed by atoms with Gasteiger partial charge in [-0.2, -0.15) is 0 Å². The third-order valence-corrected chi connectivity index (χ3v) is 1.45. The van der Waals surface area contributed by atoms with Crippen molar-refractivity contribution in [2.75, 3.05) is 6.79 Å². The minimum Gasteiger partial charge on any atom is -0.396 e. The van der Waals surface area contributed by atoms with Crippen LogP contribution in [0, 0.1) is 5.92 Å². The van der Waals surface area contributed by atoms with Gasteiger partial charge in [-0.15, -0.1) is 0 Å². The molecule has 0 aromatic heterocycles. The highest BCUT2D eigenvalue weighted by Gasteiger charge is 1.96. The lowest BCUT2D eigenvalue weighted by Crippen LogP contribution is -2.03. The van der Waals surface area contributed by atoms with E-state index in [0.29, 0.717) is 16.4 Å². The maximum Gasteiger partial charge on any atom is 0.206 e. The third-order valence-electron chi connectivity index (χ3n) is 1.21. The summed E-state index contributed by atoms with van der Waals surface area (Å²) in [6.45, 7) is 6.38. The molecule has 0 aromatic rings. The van der Waals surface area contributed by atoms with Gasteiger partial charge < -0.3 is 9.26 Å². The molecule has 0 saturated carbocycles. The maximum absolute atomic E-state index is 4.81. The second-order valence-corrected chi connectivity index (χ2v) is 3.00. The van der Waals surface area contributed by atoms with Crippen LogP contribution >= 0.6 is 0 Å². The number of rotatable bonds is 4. The molecule has 0 rings (SSSR count). The molecule has 10 heavy (non-hydrogen) atoms. The molecule has 0 unspecified atom stereocenters. The topological polar surface area (TPSA) is 30.8 Å². The number of oxime groups is 1. The summed E-state index contributed by atoms with van der Waals surface area (Å²) in [6, 6.07) is 0. The molecule has 0 fully saturated rings. The van der Waals surface area contributed by atoms with Gasteiger partial charge in [0.25, 0.3) is 0 Å². The normalized spacial score (nSPS) is 12.6. The first-order chi connectivity index (χ1) is 4.68. The average Bonchev–Trinajstić information content (AvgIpc) is 1.88. The van der Waals surface area contributed by atoms with E-state index in [9.17, 15) is 0 Å². The van der Waals surface area contributed by atoms with Gasteiger partial charge in [-0.3, -0.25) is 0 Å². The number of hydrogen-bond acceptors (Lipinski definition) is 3. The summed E-state index contributed by atoms with van der Waals surface area (Å²) in [5, 5.41) is 3.83. The van der Waals surface area contributed by atoms with Crippen LogP contribution in [0.1, 0.15) is 20.8 Å². The molecule has 0 spiro atoms. The molecule has 0 radical (unpaired) electrons. The molecule has 3 nitrogen and oxygen atoms in total. The summed E-state index contributed by atoms with van der Waals surface area (Å²) in [6.07, 6.45) is 0. The highest BCUT2D eigenvalue weighted by Crippen LogP contribution is 1.95. The molecule has 60 valence electrons. The smallest absolute Gasteiger partial charge is 0.206 e. The SMILES string of the molecule is CC(=NOCO[SiH3])C(C)C. The average molecular weight is 161 g/mol. The quantitative estimate of drug-likeness (QED) is 0.195. The Morgan fingerprint density at radius 3 is 2.60 bits per heavy atom. The molecular weight excluding hydrogens is 146 g/mol. The van der Waals surface area contributed by atoms with Gasteiger partial charge >= 0.3 is 0 Å². The third kappa shape index (κ3) is 4.52.